The third-order valence-corrected chi connectivity index (χ3v) is 14.5. The lowest BCUT2D eigenvalue weighted by molar-refractivity contribution is -0.157. The standard InChI is InChI=1S/C45H52N4O11S/c1-10-55-38-22(3)39-40(58-20-57-39)32-28-18-56-42(51)45(25-16-29(53-8)30(15-23(25)11-12-47-45)59-43(52)60-44(4,5)6)19-61-41(33(32)38)35-34-31-24(13-21(2)37(54-9)36(31)50)14-26(48(34)7)27(17-46)49(28)35/h13,15-16,26-28,34-35,41,47,50H,10-12,14,18-20H2,1-9H3/t26-,27+,28-,34-,35?,41-,45-/m1/s1. The molecule has 2 saturated heterocycles. The SMILES string of the molecule is CCOc1c(C)c2c(c3c1[C@H]1SC[C@]4(NCCc5cc(OC(=O)OC(C)(C)C)c(OC)cc54)C(=O)OC[C@H]3N3C1[C@H]1c4c(cc(C)c(OC)c4O)C[C@H]([C@@H]3C#N)N1C)OCO2. The van der Waals surface area contributed by atoms with Crippen molar-refractivity contribution in [3.63, 3.8) is 0 Å². The number of nitrogens with one attached hydrogen (secondary N) is 1. The molecule has 2 fully saturated rings. The van der Waals surface area contributed by atoms with Crippen LogP contribution < -0.4 is 33.7 Å². The van der Waals surface area contributed by atoms with Gasteiger partial charge in [-0.25, -0.2) is 9.59 Å². The highest BCUT2D eigenvalue weighted by atomic mass is 32.2. The minimum atomic E-state index is -1.37. The van der Waals surface area contributed by atoms with Gasteiger partial charge in [0, 0.05) is 46.6 Å². The number of benzene rings is 3. The van der Waals surface area contributed by atoms with Crippen molar-refractivity contribution < 1.29 is 52.6 Å². The first-order chi connectivity index (χ1) is 29.2. The molecule has 7 aliphatic rings. The minimum absolute atomic E-state index is 0.00722. The maximum Gasteiger partial charge on any atom is 0.514 e. The first-order valence-corrected chi connectivity index (χ1v) is 21.8. The van der Waals surface area contributed by atoms with Crippen LogP contribution >= 0.6 is 11.8 Å². The zero-order valence-corrected chi connectivity index (χ0v) is 36.7. The molecule has 0 aliphatic carbocycles. The predicted octanol–water partition coefficient (Wildman–Crippen LogP) is 6.07. The van der Waals surface area contributed by atoms with E-state index < -0.39 is 52.7 Å². The predicted molar refractivity (Wildman–Crippen MR) is 223 cm³/mol. The molecular formula is C45H52N4O11S. The van der Waals surface area contributed by atoms with Crippen LogP contribution in [0.5, 0.6) is 40.2 Å². The summed E-state index contributed by atoms with van der Waals surface area (Å²) in [5.74, 6) is 2.38. The highest BCUT2D eigenvalue weighted by Crippen LogP contribution is 2.64. The third-order valence-electron chi connectivity index (χ3n) is 13.0. The Bertz CT molecular complexity index is 2380. The third kappa shape index (κ3) is 6.25. The maximum atomic E-state index is 15.0. The average molecular weight is 857 g/mol. The molecule has 10 rings (SSSR count). The van der Waals surface area contributed by atoms with E-state index in [1.54, 1.807) is 51.8 Å². The lowest BCUT2D eigenvalue weighted by atomic mass is 9.71. The fourth-order valence-corrected chi connectivity index (χ4v) is 12.4. The van der Waals surface area contributed by atoms with Crippen molar-refractivity contribution in [1.82, 2.24) is 15.1 Å². The molecule has 1 spiro atoms. The molecule has 0 saturated carbocycles. The van der Waals surface area contributed by atoms with E-state index in [4.69, 9.17) is 37.9 Å². The molecule has 3 aromatic carbocycles. The molecule has 0 radical (unpaired) electrons. The van der Waals surface area contributed by atoms with Crippen LogP contribution in [0.15, 0.2) is 18.2 Å². The lowest BCUT2D eigenvalue weighted by Gasteiger charge is -2.62. The van der Waals surface area contributed by atoms with Gasteiger partial charge in [0.15, 0.2) is 40.0 Å². The number of nitriles is 1. The van der Waals surface area contributed by atoms with E-state index in [-0.39, 0.29) is 42.4 Å². The first kappa shape index (κ1) is 41.3. The summed E-state index contributed by atoms with van der Waals surface area (Å²) in [5.41, 5.74) is 4.26. The smallest absolute Gasteiger partial charge is 0.504 e. The van der Waals surface area contributed by atoms with Crippen LogP contribution in [0.4, 0.5) is 4.79 Å². The summed E-state index contributed by atoms with van der Waals surface area (Å²) in [4.78, 5) is 32.3. The van der Waals surface area contributed by atoms with Crippen LogP contribution in [-0.4, -0.2) is 104 Å². The van der Waals surface area contributed by atoms with E-state index in [1.165, 1.54) is 7.11 Å². The van der Waals surface area contributed by atoms with Crippen LogP contribution in [0.1, 0.15) is 89.5 Å². The van der Waals surface area contributed by atoms with E-state index in [2.05, 4.69) is 27.3 Å². The monoisotopic (exact) mass is 856 g/mol. The number of thioether (sulfide) groups is 1. The number of piperazine rings is 1. The van der Waals surface area contributed by atoms with Gasteiger partial charge in [0.05, 0.1) is 44.2 Å². The number of esters is 1. The van der Waals surface area contributed by atoms with Crippen LogP contribution in [-0.2, 0) is 32.6 Å². The Morgan fingerprint density at radius 1 is 1.05 bits per heavy atom. The Labute approximate surface area is 359 Å². The molecule has 15 nitrogen and oxygen atoms in total. The lowest BCUT2D eigenvalue weighted by Crippen LogP contribution is -2.69. The number of rotatable bonds is 5. The van der Waals surface area contributed by atoms with E-state index >= 15 is 4.79 Å². The number of hydrogen-bond donors (Lipinski definition) is 2. The van der Waals surface area contributed by atoms with Gasteiger partial charge in [0.25, 0.3) is 0 Å². The topological polar surface area (TPSA) is 171 Å². The minimum Gasteiger partial charge on any atom is -0.504 e. The molecule has 61 heavy (non-hydrogen) atoms. The normalized spacial score (nSPS) is 27.4. The number of carbonyl (C=O) groups is 2. The van der Waals surface area contributed by atoms with E-state index in [9.17, 15) is 15.2 Å². The first-order valence-electron chi connectivity index (χ1n) is 20.7. The van der Waals surface area contributed by atoms with E-state index in [0.29, 0.717) is 54.6 Å². The van der Waals surface area contributed by atoms with Crippen LogP contribution in [0, 0.1) is 25.2 Å². The second-order valence-corrected chi connectivity index (χ2v) is 18.6. The van der Waals surface area contributed by atoms with Crippen molar-refractivity contribution in [3.05, 3.63) is 62.7 Å². The summed E-state index contributed by atoms with van der Waals surface area (Å²) in [6.45, 7) is 11.8. The second-order valence-electron chi connectivity index (χ2n) is 17.5. The Hall–Kier alpha value is -5.08. The van der Waals surface area contributed by atoms with Crippen LogP contribution in [0.2, 0.25) is 0 Å². The summed E-state index contributed by atoms with van der Waals surface area (Å²) in [6, 6.07) is 5.79. The summed E-state index contributed by atoms with van der Waals surface area (Å²) in [7, 11) is 5.07. The molecular weight excluding hydrogens is 805 g/mol. The molecule has 2 N–H and O–H groups in total. The van der Waals surface area contributed by atoms with Crippen molar-refractivity contribution in [2.24, 2.45) is 0 Å². The van der Waals surface area contributed by atoms with Gasteiger partial charge in [0.2, 0.25) is 6.79 Å². The molecule has 3 aromatic rings. The van der Waals surface area contributed by atoms with Crippen molar-refractivity contribution in [2.45, 2.75) is 101 Å². The van der Waals surface area contributed by atoms with Gasteiger partial charge in [-0.3, -0.25) is 15.1 Å². The number of likely N-dealkylation sites (N-methyl/N-ethyl adjacent to an activating group) is 1. The number of phenolic OH excluding ortho intramolecular Hbond substituents is 1. The van der Waals surface area contributed by atoms with Crippen LogP contribution in [0.3, 0.4) is 0 Å². The van der Waals surface area contributed by atoms with Crippen LogP contribution in [0.25, 0.3) is 0 Å². The number of nitrogens with zero attached hydrogens (tertiary/aromatic N) is 3. The fraction of sp³-hybridized carbons (Fsp3) is 0.533. The zero-order valence-electron chi connectivity index (χ0n) is 35.9. The van der Waals surface area contributed by atoms with Gasteiger partial charge in [-0.1, -0.05) is 6.07 Å². The summed E-state index contributed by atoms with van der Waals surface area (Å²) < 4.78 is 48.3. The molecule has 4 bridgehead atoms. The number of fused-ring (bicyclic) bond motifs is 9. The van der Waals surface area contributed by atoms with Gasteiger partial charge in [-0.2, -0.15) is 5.26 Å². The number of hydrogen-bond acceptors (Lipinski definition) is 16. The largest absolute Gasteiger partial charge is 0.514 e. The van der Waals surface area contributed by atoms with Crippen molar-refractivity contribution in [2.75, 3.05) is 53.6 Å². The Morgan fingerprint density at radius 2 is 1.82 bits per heavy atom. The Morgan fingerprint density at radius 3 is 2.52 bits per heavy atom. The molecule has 324 valence electrons. The highest BCUT2D eigenvalue weighted by molar-refractivity contribution is 7.99. The molecule has 16 heteroatoms. The molecule has 0 amide bonds. The van der Waals surface area contributed by atoms with Gasteiger partial charge in [0.1, 0.15) is 24.0 Å². The molecule has 7 atom stereocenters. The van der Waals surface area contributed by atoms with Crippen molar-refractivity contribution in [3.8, 4) is 46.3 Å². The highest BCUT2D eigenvalue weighted by Gasteiger charge is 2.62. The van der Waals surface area contributed by atoms with E-state index in [0.717, 1.165) is 38.9 Å². The fourth-order valence-electron chi connectivity index (χ4n) is 10.7. The van der Waals surface area contributed by atoms with Gasteiger partial charge < -0.3 is 43.0 Å². The number of methoxy groups -OCH3 is 2. The van der Waals surface area contributed by atoms with Gasteiger partial charge in [-0.15, -0.1) is 11.8 Å². The summed E-state index contributed by atoms with van der Waals surface area (Å²) >= 11 is 1.56. The number of aromatic hydroxyl groups is 1. The Balaban J connectivity index is 1.26. The summed E-state index contributed by atoms with van der Waals surface area (Å²) in [6.07, 6.45) is 0.171. The van der Waals surface area contributed by atoms with Crippen molar-refractivity contribution >= 4 is 23.9 Å². The molecule has 0 aromatic heterocycles. The number of ether oxygens (including phenoxy) is 8. The van der Waals surface area contributed by atoms with Crippen molar-refractivity contribution in [1.29, 1.82) is 5.26 Å². The molecule has 7 aliphatic heterocycles. The summed E-state index contributed by atoms with van der Waals surface area (Å²) in [5, 5.41) is 26.5. The molecule has 1 unspecified atom stereocenters. The van der Waals surface area contributed by atoms with Gasteiger partial charge >= 0.3 is 12.1 Å². The number of aryl methyl sites for hydroxylation is 1. The van der Waals surface area contributed by atoms with Gasteiger partial charge in [-0.05, 0) is 95.8 Å². The maximum absolute atomic E-state index is 15.0. The number of phenols is 1. The molecule has 7 heterocycles. The Kier molecular flexibility index (Phi) is 10.2. The average Bonchev–Trinajstić information content (AvgIpc) is 3.70. The number of carbonyl (C=O) groups excluding carboxylic acids is 2. The zero-order chi connectivity index (χ0) is 43.3. The second kappa shape index (κ2) is 15.1. The quantitative estimate of drug-likeness (QED) is 0.224. The van der Waals surface area contributed by atoms with E-state index in [1.807, 2.05) is 27.8 Å².